The van der Waals surface area contributed by atoms with Crippen LogP contribution in [0, 0.1) is 11.6 Å². The molecule has 1 fully saturated rings. The first-order chi connectivity index (χ1) is 18.3. The maximum absolute atomic E-state index is 14.0. The summed E-state index contributed by atoms with van der Waals surface area (Å²) < 4.78 is 34.1. The van der Waals surface area contributed by atoms with Gasteiger partial charge in [0.15, 0.2) is 11.4 Å². The monoisotopic (exact) mass is 525 g/mol. The lowest BCUT2D eigenvalue weighted by Crippen LogP contribution is -2.69. The summed E-state index contributed by atoms with van der Waals surface area (Å²) >= 11 is 0. The normalized spacial score (nSPS) is 16.7. The molecule has 13 heteroatoms. The van der Waals surface area contributed by atoms with Gasteiger partial charge in [-0.1, -0.05) is 6.07 Å². The number of benzene rings is 1. The summed E-state index contributed by atoms with van der Waals surface area (Å²) in [6.07, 6.45) is 4.16. The molecule has 11 nitrogen and oxygen atoms in total. The molecule has 0 spiro atoms. The van der Waals surface area contributed by atoms with E-state index in [-0.39, 0.29) is 29.1 Å². The van der Waals surface area contributed by atoms with Crippen molar-refractivity contribution in [3.8, 4) is 5.75 Å². The number of amides is 2. The smallest absolute Gasteiger partial charge is 0.278 e. The molecule has 2 aliphatic heterocycles. The predicted octanol–water partition coefficient (Wildman–Crippen LogP) is 1.12. The molecule has 1 atom stereocenters. The van der Waals surface area contributed by atoms with E-state index in [2.05, 4.69) is 15.3 Å². The summed E-state index contributed by atoms with van der Waals surface area (Å²) in [5, 5.41) is 4.38. The number of piperazine rings is 1. The zero-order valence-electron chi connectivity index (χ0n) is 20.7. The van der Waals surface area contributed by atoms with Gasteiger partial charge >= 0.3 is 0 Å². The minimum absolute atomic E-state index is 0.0149. The fraction of sp³-hybridized carbons (Fsp3) is 0.320. The van der Waals surface area contributed by atoms with Crippen molar-refractivity contribution in [2.75, 3.05) is 43.2 Å². The van der Waals surface area contributed by atoms with E-state index < -0.39 is 35.0 Å². The SMILES string of the molecule is CCN1C(=O)c2c(OC)c(=O)c(C(=O)NCc3ccc(F)cc3F)cn2N2CCN(c3ncccn3)C[C@@H]12. The maximum atomic E-state index is 14.0. The summed E-state index contributed by atoms with van der Waals surface area (Å²) in [5.41, 5.74) is -0.979. The molecule has 2 aliphatic rings. The lowest BCUT2D eigenvalue weighted by atomic mass is 10.1. The molecule has 0 saturated carbocycles. The van der Waals surface area contributed by atoms with Crippen LogP contribution in [-0.4, -0.2) is 70.8 Å². The Hall–Kier alpha value is -4.55. The minimum atomic E-state index is -0.821. The van der Waals surface area contributed by atoms with Gasteiger partial charge in [-0.25, -0.2) is 18.7 Å². The van der Waals surface area contributed by atoms with E-state index in [9.17, 15) is 23.2 Å². The van der Waals surface area contributed by atoms with Crippen molar-refractivity contribution in [1.29, 1.82) is 0 Å². The highest BCUT2D eigenvalue weighted by atomic mass is 19.1. The molecule has 198 valence electrons. The van der Waals surface area contributed by atoms with Gasteiger partial charge in [-0.2, -0.15) is 0 Å². The van der Waals surface area contributed by atoms with Crippen LogP contribution in [0.5, 0.6) is 5.75 Å². The van der Waals surface area contributed by atoms with Crippen LogP contribution in [-0.2, 0) is 6.54 Å². The highest BCUT2D eigenvalue weighted by Crippen LogP contribution is 2.28. The first-order valence-corrected chi connectivity index (χ1v) is 12.0. The number of aromatic nitrogens is 3. The van der Waals surface area contributed by atoms with Crippen LogP contribution in [0.1, 0.15) is 33.3 Å². The van der Waals surface area contributed by atoms with Crippen LogP contribution in [0.3, 0.4) is 0 Å². The van der Waals surface area contributed by atoms with Gasteiger partial charge in [0.05, 0.1) is 20.2 Å². The van der Waals surface area contributed by atoms with Crippen LogP contribution in [0.2, 0.25) is 0 Å². The Morgan fingerprint density at radius 1 is 1.18 bits per heavy atom. The Bertz CT molecular complexity index is 1450. The third-order valence-corrected chi connectivity index (χ3v) is 6.65. The van der Waals surface area contributed by atoms with Crippen molar-refractivity contribution >= 4 is 17.8 Å². The molecule has 1 aromatic carbocycles. The minimum Gasteiger partial charge on any atom is -0.491 e. The molecule has 3 aromatic rings. The number of fused-ring (bicyclic) bond motifs is 3. The summed E-state index contributed by atoms with van der Waals surface area (Å²) in [6, 6.07) is 4.72. The van der Waals surface area contributed by atoms with Gasteiger partial charge in [-0.15, -0.1) is 0 Å². The number of halogens is 2. The Balaban J connectivity index is 1.50. The summed E-state index contributed by atoms with van der Waals surface area (Å²) in [4.78, 5) is 52.1. The molecule has 38 heavy (non-hydrogen) atoms. The summed E-state index contributed by atoms with van der Waals surface area (Å²) in [7, 11) is 1.26. The van der Waals surface area contributed by atoms with Crippen LogP contribution < -0.4 is 25.4 Å². The van der Waals surface area contributed by atoms with Gasteiger partial charge < -0.3 is 19.9 Å². The Labute approximate surface area is 216 Å². The third-order valence-electron chi connectivity index (χ3n) is 6.65. The number of rotatable bonds is 6. The first kappa shape index (κ1) is 25.1. The number of nitrogens with one attached hydrogen (secondary N) is 1. The third kappa shape index (κ3) is 4.29. The maximum Gasteiger partial charge on any atom is 0.278 e. The van der Waals surface area contributed by atoms with Gasteiger partial charge in [-0.05, 0) is 19.1 Å². The van der Waals surface area contributed by atoms with Crippen LogP contribution in [0.4, 0.5) is 14.7 Å². The van der Waals surface area contributed by atoms with Gasteiger partial charge in [0.2, 0.25) is 11.4 Å². The van der Waals surface area contributed by atoms with Crippen molar-refractivity contribution in [2.24, 2.45) is 0 Å². The Morgan fingerprint density at radius 2 is 1.95 bits per heavy atom. The molecule has 0 radical (unpaired) electrons. The molecule has 2 aromatic heterocycles. The number of nitrogens with zero attached hydrogens (tertiary/aromatic N) is 6. The first-order valence-electron chi connectivity index (χ1n) is 12.0. The van der Waals surface area contributed by atoms with Crippen LogP contribution >= 0.6 is 0 Å². The molecule has 0 aliphatic carbocycles. The van der Waals surface area contributed by atoms with Gasteiger partial charge in [0.25, 0.3) is 11.8 Å². The van der Waals surface area contributed by atoms with Crippen molar-refractivity contribution in [3.63, 3.8) is 0 Å². The second-order valence-corrected chi connectivity index (χ2v) is 8.75. The van der Waals surface area contributed by atoms with Crippen molar-refractivity contribution in [2.45, 2.75) is 19.6 Å². The number of pyridine rings is 1. The van der Waals surface area contributed by atoms with E-state index in [1.54, 1.807) is 23.4 Å². The molecule has 1 N–H and O–H groups in total. The van der Waals surface area contributed by atoms with Crippen molar-refractivity contribution in [3.05, 3.63) is 81.5 Å². The number of methoxy groups -OCH3 is 1. The Morgan fingerprint density at radius 3 is 2.63 bits per heavy atom. The standard InChI is InChI=1S/C25H25F2N7O4/c1-3-32-19-14-31(25-28-7-4-8-29-25)9-10-33(19)34-13-17(21(35)22(38-2)20(34)24(32)37)23(36)30-12-15-5-6-16(26)11-18(15)27/h4-8,11,13,19H,3,9-10,12,14H2,1-2H3,(H,30,36)/t19-/m0/s1. The largest absolute Gasteiger partial charge is 0.491 e. The molecule has 0 bridgehead atoms. The molecular formula is C25H25F2N7O4. The lowest BCUT2D eigenvalue weighted by Gasteiger charge is -2.51. The molecule has 0 unspecified atom stereocenters. The fourth-order valence-corrected chi connectivity index (χ4v) is 4.79. The number of carbonyl (C=O) groups excluding carboxylic acids is 2. The number of hydrogen-bond acceptors (Lipinski definition) is 8. The van der Waals surface area contributed by atoms with Crippen molar-refractivity contribution in [1.82, 2.24) is 24.9 Å². The van der Waals surface area contributed by atoms with Gasteiger partial charge in [0, 0.05) is 49.9 Å². The molecular weight excluding hydrogens is 500 g/mol. The fourth-order valence-electron chi connectivity index (χ4n) is 4.79. The number of ether oxygens (including phenoxy) is 1. The van der Waals surface area contributed by atoms with E-state index >= 15 is 0 Å². The van der Waals surface area contributed by atoms with Crippen molar-refractivity contribution < 1.29 is 23.1 Å². The average molecular weight is 526 g/mol. The molecule has 4 heterocycles. The number of hydrogen-bond donors (Lipinski definition) is 1. The Kier molecular flexibility index (Phi) is 6.66. The highest BCUT2D eigenvalue weighted by molar-refractivity contribution is 5.99. The number of anilines is 1. The second-order valence-electron chi connectivity index (χ2n) is 8.75. The van der Waals surface area contributed by atoms with Gasteiger partial charge in [-0.3, -0.25) is 24.1 Å². The zero-order valence-corrected chi connectivity index (χ0v) is 20.7. The predicted molar refractivity (Wildman–Crippen MR) is 133 cm³/mol. The van der Waals surface area contributed by atoms with Crippen LogP contribution in [0.15, 0.2) is 47.7 Å². The van der Waals surface area contributed by atoms with Gasteiger partial charge in [0.1, 0.15) is 23.4 Å². The number of likely N-dealkylation sites (N-methyl/N-ethyl adjacent to an activating group) is 1. The molecule has 1 saturated heterocycles. The van der Waals surface area contributed by atoms with E-state index in [4.69, 9.17) is 4.74 Å². The quantitative estimate of drug-likeness (QED) is 0.510. The summed E-state index contributed by atoms with van der Waals surface area (Å²) in [6.45, 7) is 3.27. The zero-order chi connectivity index (χ0) is 27.0. The van der Waals surface area contributed by atoms with E-state index in [0.29, 0.717) is 38.2 Å². The molecule has 5 rings (SSSR count). The van der Waals surface area contributed by atoms with E-state index in [0.717, 1.165) is 6.07 Å². The average Bonchev–Trinajstić information content (AvgIpc) is 2.92. The second kappa shape index (κ2) is 10.1. The number of carbonyl (C=O) groups is 2. The highest BCUT2D eigenvalue weighted by Gasteiger charge is 2.43. The lowest BCUT2D eigenvalue weighted by molar-refractivity contribution is 0.0568. The van der Waals surface area contributed by atoms with E-state index in [1.807, 2.05) is 16.8 Å². The van der Waals surface area contributed by atoms with Crippen LogP contribution in [0.25, 0.3) is 0 Å². The van der Waals surface area contributed by atoms with E-state index in [1.165, 1.54) is 24.0 Å². The molecule has 2 amide bonds. The summed E-state index contributed by atoms with van der Waals surface area (Å²) in [5.74, 6) is -2.49. The topological polar surface area (TPSA) is 113 Å².